The number of halogens is 1. The summed E-state index contributed by atoms with van der Waals surface area (Å²) >= 11 is 5.97. The summed E-state index contributed by atoms with van der Waals surface area (Å²) in [6.07, 6.45) is 1.53. The molecule has 2 aromatic rings. The van der Waals surface area contributed by atoms with Crippen LogP contribution in [0.1, 0.15) is 0 Å². The summed E-state index contributed by atoms with van der Waals surface area (Å²) in [5, 5.41) is 4.12. The smallest absolute Gasteiger partial charge is 0.231 e. The molecule has 0 fully saturated rings. The van der Waals surface area contributed by atoms with E-state index in [1.165, 1.54) is 6.20 Å². The number of nitrogen functional groups attached to an aromatic ring is 1. The molecule has 2 heterocycles. The van der Waals surface area contributed by atoms with E-state index in [1.54, 1.807) is 12.1 Å². The van der Waals surface area contributed by atoms with Crippen molar-refractivity contribution < 1.29 is 14.0 Å². The highest BCUT2D eigenvalue weighted by atomic mass is 35.5. The maximum absolute atomic E-state index is 5.97. The summed E-state index contributed by atoms with van der Waals surface area (Å²) in [6.45, 7) is 0.150. The van der Waals surface area contributed by atoms with Crippen LogP contribution in [0.5, 0.6) is 11.5 Å². The lowest BCUT2D eigenvalue weighted by atomic mass is 10.1. The van der Waals surface area contributed by atoms with Crippen LogP contribution < -0.4 is 15.2 Å². The molecule has 0 aliphatic carbocycles. The Hall–Kier alpha value is -1.88. The summed E-state index contributed by atoms with van der Waals surface area (Å²) in [5.41, 5.74) is 7.07. The van der Waals surface area contributed by atoms with E-state index in [2.05, 4.69) is 5.16 Å². The highest BCUT2D eigenvalue weighted by Crippen LogP contribution is 2.46. The third-order valence-corrected chi connectivity index (χ3v) is 2.66. The Balaban J connectivity index is 2.23. The van der Waals surface area contributed by atoms with Crippen LogP contribution in [0.3, 0.4) is 0 Å². The first-order chi connectivity index (χ1) is 7.77. The lowest BCUT2D eigenvalue weighted by Gasteiger charge is -2.04. The number of hydrogen-bond acceptors (Lipinski definition) is 5. The highest BCUT2D eigenvalue weighted by Gasteiger charge is 2.24. The first kappa shape index (κ1) is 9.35. The van der Waals surface area contributed by atoms with Gasteiger partial charge in [0, 0.05) is 5.56 Å². The Labute approximate surface area is 95.7 Å². The van der Waals surface area contributed by atoms with E-state index >= 15 is 0 Å². The van der Waals surface area contributed by atoms with Gasteiger partial charge in [-0.2, -0.15) is 0 Å². The van der Waals surface area contributed by atoms with E-state index in [-0.39, 0.29) is 12.7 Å². The van der Waals surface area contributed by atoms with E-state index in [9.17, 15) is 0 Å². The number of nitrogens with zero attached hydrogens (tertiary/aromatic N) is 1. The third kappa shape index (κ3) is 1.22. The predicted octanol–water partition coefficient (Wildman–Crippen LogP) is 2.31. The van der Waals surface area contributed by atoms with Gasteiger partial charge in [-0.3, -0.25) is 0 Å². The molecule has 0 saturated carbocycles. The monoisotopic (exact) mass is 238 g/mol. The van der Waals surface area contributed by atoms with Gasteiger partial charge < -0.3 is 19.7 Å². The molecule has 5 nitrogen and oxygen atoms in total. The number of anilines is 1. The lowest BCUT2D eigenvalue weighted by Crippen LogP contribution is -1.94. The molecule has 82 valence electrons. The minimum Gasteiger partial charge on any atom is -0.453 e. The Morgan fingerprint density at radius 1 is 1.19 bits per heavy atom. The maximum atomic E-state index is 5.97. The van der Waals surface area contributed by atoms with Crippen LogP contribution in [0, 0.1) is 0 Å². The number of hydrogen-bond donors (Lipinski definition) is 1. The average Bonchev–Trinajstić information content (AvgIpc) is 2.88. The van der Waals surface area contributed by atoms with Crippen LogP contribution in [-0.4, -0.2) is 11.9 Å². The molecule has 16 heavy (non-hydrogen) atoms. The summed E-state index contributed by atoms with van der Waals surface area (Å²) in [5.74, 6) is 1.34. The topological polar surface area (TPSA) is 70.5 Å². The Morgan fingerprint density at radius 3 is 2.75 bits per heavy atom. The molecule has 1 aliphatic rings. The Bertz CT molecular complexity index is 553. The zero-order valence-electron chi connectivity index (χ0n) is 8.07. The first-order valence-electron chi connectivity index (χ1n) is 4.56. The van der Waals surface area contributed by atoms with Gasteiger partial charge in [0.2, 0.25) is 12.7 Å². The molecular weight excluding hydrogens is 232 g/mol. The second kappa shape index (κ2) is 3.31. The molecule has 0 radical (unpaired) electrons. The van der Waals surface area contributed by atoms with Crippen LogP contribution in [0.4, 0.5) is 5.88 Å². The number of rotatable bonds is 1. The van der Waals surface area contributed by atoms with Gasteiger partial charge in [-0.15, -0.1) is 0 Å². The molecule has 0 spiro atoms. The van der Waals surface area contributed by atoms with Gasteiger partial charge in [0.05, 0.1) is 16.8 Å². The van der Waals surface area contributed by atoms with Crippen molar-refractivity contribution in [1.29, 1.82) is 0 Å². The molecule has 3 rings (SSSR count). The molecule has 1 aromatic heterocycles. The quantitative estimate of drug-likeness (QED) is 0.826. The molecule has 2 N–H and O–H groups in total. The Kier molecular flexibility index (Phi) is 1.94. The average molecular weight is 239 g/mol. The SMILES string of the molecule is Nc1oncc1-c1ccc(Cl)c2c1OCO2. The van der Waals surface area contributed by atoms with Crippen molar-refractivity contribution >= 4 is 17.5 Å². The van der Waals surface area contributed by atoms with Gasteiger partial charge in [0.15, 0.2) is 11.5 Å². The van der Waals surface area contributed by atoms with Gasteiger partial charge in [-0.05, 0) is 12.1 Å². The summed E-state index contributed by atoms with van der Waals surface area (Å²) in [7, 11) is 0. The van der Waals surface area contributed by atoms with E-state index in [0.29, 0.717) is 22.1 Å². The Morgan fingerprint density at radius 2 is 2.00 bits per heavy atom. The van der Waals surface area contributed by atoms with Gasteiger partial charge in [0.25, 0.3) is 0 Å². The molecule has 0 saturated heterocycles. The number of aromatic nitrogens is 1. The lowest BCUT2D eigenvalue weighted by molar-refractivity contribution is 0.174. The molecule has 0 amide bonds. The summed E-state index contributed by atoms with van der Waals surface area (Å²) in [6, 6.07) is 3.51. The van der Waals surface area contributed by atoms with Gasteiger partial charge in [-0.1, -0.05) is 16.8 Å². The minimum absolute atomic E-state index is 0.150. The van der Waals surface area contributed by atoms with Crippen molar-refractivity contribution in [2.75, 3.05) is 12.5 Å². The third-order valence-electron chi connectivity index (χ3n) is 2.36. The van der Waals surface area contributed by atoms with Crippen LogP contribution in [0.25, 0.3) is 11.1 Å². The molecular formula is C10H7ClN2O3. The fraction of sp³-hybridized carbons (Fsp3) is 0.100. The van der Waals surface area contributed by atoms with Crippen LogP contribution in [0.15, 0.2) is 22.9 Å². The standard InChI is InChI=1S/C10H7ClN2O3/c11-7-2-1-5(6-3-13-16-10(6)12)8-9(7)15-4-14-8/h1-3H,4,12H2. The second-order valence-corrected chi connectivity index (χ2v) is 3.67. The maximum Gasteiger partial charge on any atom is 0.231 e. The van der Waals surface area contributed by atoms with E-state index in [1.807, 2.05) is 0 Å². The van der Waals surface area contributed by atoms with Crippen molar-refractivity contribution in [1.82, 2.24) is 5.16 Å². The zero-order chi connectivity index (χ0) is 11.1. The predicted molar refractivity (Wildman–Crippen MR) is 57.5 cm³/mol. The van der Waals surface area contributed by atoms with Crippen LogP contribution >= 0.6 is 11.6 Å². The molecule has 0 bridgehead atoms. The van der Waals surface area contributed by atoms with Crippen molar-refractivity contribution in [2.24, 2.45) is 0 Å². The molecule has 6 heteroatoms. The number of benzene rings is 1. The first-order valence-corrected chi connectivity index (χ1v) is 4.94. The zero-order valence-corrected chi connectivity index (χ0v) is 8.82. The normalized spacial score (nSPS) is 13.1. The number of ether oxygens (including phenoxy) is 2. The van der Waals surface area contributed by atoms with Crippen molar-refractivity contribution in [3.63, 3.8) is 0 Å². The summed E-state index contributed by atoms with van der Waals surface area (Å²) in [4.78, 5) is 0. The van der Waals surface area contributed by atoms with E-state index < -0.39 is 0 Å². The molecule has 0 atom stereocenters. The van der Waals surface area contributed by atoms with Gasteiger partial charge in [0.1, 0.15) is 0 Å². The summed E-state index contributed by atoms with van der Waals surface area (Å²) < 4.78 is 15.4. The largest absolute Gasteiger partial charge is 0.453 e. The molecule has 0 unspecified atom stereocenters. The van der Waals surface area contributed by atoms with Crippen molar-refractivity contribution in [3.05, 3.63) is 23.4 Å². The number of fused-ring (bicyclic) bond motifs is 1. The number of nitrogens with two attached hydrogens (primary N) is 1. The van der Waals surface area contributed by atoms with Crippen LogP contribution in [0.2, 0.25) is 5.02 Å². The van der Waals surface area contributed by atoms with E-state index in [4.69, 9.17) is 31.3 Å². The van der Waals surface area contributed by atoms with Crippen molar-refractivity contribution in [3.8, 4) is 22.6 Å². The molecule has 1 aliphatic heterocycles. The molecule has 1 aromatic carbocycles. The van der Waals surface area contributed by atoms with Crippen LogP contribution in [-0.2, 0) is 0 Å². The highest BCUT2D eigenvalue weighted by molar-refractivity contribution is 6.32. The second-order valence-electron chi connectivity index (χ2n) is 3.26. The van der Waals surface area contributed by atoms with E-state index in [0.717, 1.165) is 5.56 Å². The fourth-order valence-electron chi connectivity index (χ4n) is 1.63. The van der Waals surface area contributed by atoms with Gasteiger partial charge in [-0.25, -0.2) is 0 Å². The minimum atomic E-state index is 0.150. The fourth-order valence-corrected chi connectivity index (χ4v) is 1.83. The van der Waals surface area contributed by atoms with Crippen molar-refractivity contribution in [2.45, 2.75) is 0 Å². The van der Waals surface area contributed by atoms with Gasteiger partial charge >= 0.3 is 0 Å².